The summed E-state index contributed by atoms with van der Waals surface area (Å²) in [7, 11) is 1.37. The van der Waals surface area contributed by atoms with E-state index < -0.39 is 0 Å². The van der Waals surface area contributed by atoms with Crippen LogP contribution in [0.25, 0.3) is 0 Å². The van der Waals surface area contributed by atoms with Crippen LogP contribution in [-0.2, 0) is 16.0 Å². The molecule has 5 heteroatoms. The van der Waals surface area contributed by atoms with Crippen molar-refractivity contribution in [2.24, 2.45) is 0 Å². The van der Waals surface area contributed by atoms with Crippen molar-refractivity contribution in [2.75, 3.05) is 33.4 Å². The van der Waals surface area contributed by atoms with Gasteiger partial charge in [-0.3, -0.25) is 4.90 Å². The lowest BCUT2D eigenvalue weighted by Gasteiger charge is -2.25. The molecule has 0 N–H and O–H groups in total. The minimum absolute atomic E-state index is 0.348. The Kier molecular flexibility index (Phi) is 3.81. The minimum atomic E-state index is -0.348. The second-order valence-electron chi connectivity index (χ2n) is 4.06. The SMILES string of the molecule is COC(=O)c1cc(CN2CCOCC2)oc1C. The highest BCUT2D eigenvalue weighted by Gasteiger charge is 2.18. The number of carbonyl (C=O) groups is 1. The van der Waals surface area contributed by atoms with Crippen molar-refractivity contribution in [3.05, 3.63) is 23.2 Å². The molecule has 2 rings (SSSR count). The Morgan fingerprint density at radius 3 is 2.82 bits per heavy atom. The second kappa shape index (κ2) is 5.33. The molecule has 17 heavy (non-hydrogen) atoms. The smallest absolute Gasteiger partial charge is 0.341 e. The Hall–Kier alpha value is -1.33. The molecule has 1 aromatic rings. The van der Waals surface area contributed by atoms with Crippen LogP contribution in [0.3, 0.4) is 0 Å². The summed E-state index contributed by atoms with van der Waals surface area (Å²) in [6, 6.07) is 1.76. The molecular formula is C12H17NO4. The Bertz CT molecular complexity index is 393. The van der Waals surface area contributed by atoms with Gasteiger partial charge >= 0.3 is 5.97 Å². The molecule has 5 nitrogen and oxygen atoms in total. The van der Waals surface area contributed by atoms with Gasteiger partial charge in [-0.05, 0) is 13.0 Å². The van der Waals surface area contributed by atoms with Crippen LogP contribution in [0, 0.1) is 6.92 Å². The number of ether oxygens (including phenoxy) is 2. The third kappa shape index (κ3) is 2.87. The fourth-order valence-corrected chi connectivity index (χ4v) is 1.91. The van der Waals surface area contributed by atoms with Crippen LogP contribution in [0.4, 0.5) is 0 Å². The lowest BCUT2D eigenvalue weighted by atomic mass is 10.2. The quantitative estimate of drug-likeness (QED) is 0.742. The van der Waals surface area contributed by atoms with E-state index in [2.05, 4.69) is 9.64 Å². The summed E-state index contributed by atoms with van der Waals surface area (Å²) < 4.78 is 15.5. The van der Waals surface area contributed by atoms with Gasteiger partial charge in [-0.2, -0.15) is 0 Å². The van der Waals surface area contributed by atoms with E-state index in [9.17, 15) is 4.79 Å². The maximum Gasteiger partial charge on any atom is 0.341 e. The van der Waals surface area contributed by atoms with Crippen LogP contribution in [0.1, 0.15) is 21.9 Å². The average molecular weight is 239 g/mol. The highest BCUT2D eigenvalue weighted by atomic mass is 16.5. The van der Waals surface area contributed by atoms with Crippen molar-refractivity contribution in [2.45, 2.75) is 13.5 Å². The molecular weight excluding hydrogens is 222 g/mol. The predicted molar refractivity (Wildman–Crippen MR) is 60.9 cm³/mol. The first-order valence-electron chi connectivity index (χ1n) is 5.68. The number of nitrogens with zero attached hydrogens (tertiary/aromatic N) is 1. The van der Waals surface area contributed by atoms with Crippen LogP contribution in [-0.4, -0.2) is 44.3 Å². The van der Waals surface area contributed by atoms with Crippen LogP contribution in [0.5, 0.6) is 0 Å². The summed E-state index contributed by atoms with van der Waals surface area (Å²) in [5.74, 6) is 1.06. The third-order valence-electron chi connectivity index (χ3n) is 2.86. The van der Waals surface area contributed by atoms with E-state index >= 15 is 0 Å². The van der Waals surface area contributed by atoms with Crippen LogP contribution >= 0.6 is 0 Å². The number of rotatable bonds is 3. The molecule has 0 aromatic carbocycles. The maximum absolute atomic E-state index is 11.4. The van der Waals surface area contributed by atoms with E-state index in [4.69, 9.17) is 9.15 Å². The topological polar surface area (TPSA) is 51.9 Å². The minimum Gasteiger partial charge on any atom is -0.465 e. The van der Waals surface area contributed by atoms with Crippen LogP contribution < -0.4 is 0 Å². The molecule has 1 saturated heterocycles. The Balaban J connectivity index is 2.03. The first-order chi connectivity index (χ1) is 8.20. The third-order valence-corrected chi connectivity index (χ3v) is 2.86. The van der Waals surface area contributed by atoms with Crippen molar-refractivity contribution >= 4 is 5.97 Å². The van der Waals surface area contributed by atoms with E-state index in [1.807, 2.05) is 0 Å². The van der Waals surface area contributed by atoms with Gasteiger partial charge in [0.1, 0.15) is 17.1 Å². The molecule has 0 radical (unpaired) electrons. The van der Waals surface area contributed by atoms with Gasteiger partial charge in [0.25, 0.3) is 0 Å². The standard InChI is InChI=1S/C12H17NO4/c1-9-11(12(14)15-2)7-10(17-9)8-13-3-5-16-6-4-13/h7H,3-6,8H2,1-2H3. The van der Waals surface area contributed by atoms with Gasteiger partial charge in [-0.25, -0.2) is 4.79 Å². The molecule has 1 aliphatic heterocycles. The normalized spacial score (nSPS) is 17.1. The van der Waals surface area contributed by atoms with E-state index in [0.29, 0.717) is 17.9 Å². The van der Waals surface area contributed by atoms with Gasteiger partial charge < -0.3 is 13.9 Å². The lowest BCUT2D eigenvalue weighted by molar-refractivity contribution is 0.0312. The molecule has 0 amide bonds. The number of carbonyl (C=O) groups excluding carboxylic acids is 1. The first kappa shape index (κ1) is 12.1. The molecule has 0 atom stereocenters. The molecule has 1 aromatic heterocycles. The van der Waals surface area contributed by atoms with E-state index in [0.717, 1.165) is 32.1 Å². The van der Waals surface area contributed by atoms with Gasteiger partial charge in [-0.1, -0.05) is 0 Å². The number of aryl methyl sites for hydroxylation is 1. The monoisotopic (exact) mass is 239 g/mol. The fraction of sp³-hybridized carbons (Fsp3) is 0.583. The van der Waals surface area contributed by atoms with Crippen molar-refractivity contribution in [3.8, 4) is 0 Å². The predicted octanol–water partition coefficient (Wildman–Crippen LogP) is 1.21. The van der Waals surface area contributed by atoms with Gasteiger partial charge in [0.15, 0.2) is 0 Å². The van der Waals surface area contributed by atoms with E-state index in [-0.39, 0.29) is 5.97 Å². The summed E-state index contributed by atoms with van der Waals surface area (Å²) in [5.41, 5.74) is 0.510. The van der Waals surface area contributed by atoms with Crippen LogP contribution in [0.15, 0.2) is 10.5 Å². The summed E-state index contributed by atoms with van der Waals surface area (Å²) in [6.45, 7) is 5.78. The zero-order valence-corrected chi connectivity index (χ0v) is 10.2. The van der Waals surface area contributed by atoms with Crippen molar-refractivity contribution in [1.29, 1.82) is 0 Å². The second-order valence-corrected chi connectivity index (χ2v) is 4.06. The molecule has 0 spiro atoms. The highest BCUT2D eigenvalue weighted by molar-refractivity contribution is 5.90. The Morgan fingerprint density at radius 2 is 2.18 bits per heavy atom. The first-order valence-corrected chi connectivity index (χ1v) is 5.68. The zero-order chi connectivity index (χ0) is 12.3. The number of hydrogen-bond acceptors (Lipinski definition) is 5. The van der Waals surface area contributed by atoms with E-state index in [1.54, 1.807) is 13.0 Å². The highest BCUT2D eigenvalue weighted by Crippen LogP contribution is 2.17. The van der Waals surface area contributed by atoms with Gasteiger partial charge in [0, 0.05) is 13.1 Å². The Labute approximate surface area is 100 Å². The summed E-state index contributed by atoms with van der Waals surface area (Å²) in [6.07, 6.45) is 0. The number of methoxy groups -OCH3 is 1. The van der Waals surface area contributed by atoms with Gasteiger partial charge in [-0.15, -0.1) is 0 Å². The van der Waals surface area contributed by atoms with Crippen LogP contribution in [0.2, 0.25) is 0 Å². The van der Waals surface area contributed by atoms with Crippen molar-refractivity contribution in [3.63, 3.8) is 0 Å². The summed E-state index contributed by atoms with van der Waals surface area (Å²) >= 11 is 0. The molecule has 0 saturated carbocycles. The largest absolute Gasteiger partial charge is 0.465 e. The zero-order valence-electron chi connectivity index (χ0n) is 10.2. The van der Waals surface area contributed by atoms with Gasteiger partial charge in [0.2, 0.25) is 0 Å². The molecule has 0 unspecified atom stereocenters. The van der Waals surface area contributed by atoms with Gasteiger partial charge in [0.05, 0.1) is 26.9 Å². The Morgan fingerprint density at radius 1 is 1.47 bits per heavy atom. The lowest BCUT2D eigenvalue weighted by Crippen LogP contribution is -2.35. The number of furan rings is 1. The number of morpholine rings is 1. The van der Waals surface area contributed by atoms with Crippen molar-refractivity contribution < 1.29 is 18.7 Å². The number of hydrogen-bond donors (Lipinski definition) is 0. The molecule has 1 aliphatic rings. The van der Waals surface area contributed by atoms with E-state index in [1.165, 1.54) is 7.11 Å². The number of esters is 1. The average Bonchev–Trinajstić information content (AvgIpc) is 2.70. The molecule has 2 heterocycles. The molecule has 94 valence electrons. The summed E-state index contributed by atoms with van der Waals surface area (Å²) in [4.78, 5) is 13.7. The van der Waals surface area contributed by atoms with Crippen molar-refractivity contribution in [1.82, 2.24) is 4.90 Å². The molecule has 0 bridgehead atoms. The summed E-state index contributed by atoms with van der Waals surface area (Å²) in [5, 5.41) is 0. The fourth-order valence-electron chi connectivity index (χ4n) is 1.91. The molecule has 1 fully saturated rings. The molecule has 0 aliphatic carbocycles. The maximum atomic E-state index is 11.4.